The third-order valence-corrected chi connectivity index (χ3v) is 5.67. The van der Waals surface area contributed by atoms with Crippen LogP contribution in [0.3, 0.4) is 0 Å². The maximum absolute atomic E-state index is 12.9. The molecule has 140 valence electrons. The number of amides is 2. The van der Waals surface area contributed by atoms with Crippen molar-refractivity contribution in [2.45, 2.75) is 25.0 Å². The Morgan fingerprint density at radius 1 is 1.00 bits per heavy atom. The molecule has 0 bridgehead atoms. The van der Waals surface area contributed by atoms with Crippen molar-refractivity contribution in [1.29, 1.82) is 0 Å². The summed E-state index contributed by atoms with van der Waals surface area (Å²) in [4.78, 5) is 29.5. The maximum Gasteiger partial charge on any atom is 0.246 e. The van der Waals surface area contributed by atoms with Gasteiger partial charge in [0.25, 0.3) is 0 Å². The van der Waals surface area contributed by atoms with Gasteiger partial charge in [-0.05, 0) is 17.2 Å². The number of fused-ring (bicyclic) bond motifs is 1. The fraction of sp³-hybridized carbons (Fsp3) is 0.333. The van der Waals surface area contributed by atoms with E-state index in [4.69, 9.17) is 11.6 Å². The first-order valence-corrected chi connectivity index (χ1v) is 9.60. The van der Waals surface area contributed by atoms with E-state index in [1.807, 2.05) is 54.6 Å². The summed E-state index contributed by atoms with van der Waals surface area (Å²) < 4.78 is 0. The lowest BCUT2D eigenvalue weighted by atomic mass is 9.98. The van der Waals surface area contributed by atoms with Crippen molar-refractivity contribution in [3.63, 3.8) is 0 Å². The van der Waals surface area contributed by atoms with Crippen LogP contribution in [0.4, 0.5) is 0 Å². The Morgan fingerprint density at radius 2 is 1.74 bits per heavy atom. The summed E-state index contributed by atoms with van der Waals surface area (Å²) in [5, 5.41) is 3.66. The van der Waals surface area contributed by atoms with Gasteiger partial charge in [-0.25, -0.2) is 0 Å². The van der Waals surface area contributed by atoms with Crippen LogP contribution in [0.25, 0.3) is 0 Å². The molecule has 2 aliphatic heterocycles. The highest BCUT2D eigenvalue weighted by molar-refractivity contribution is 6.31. The zero-order valence-corrected chi connectivity index (χ0v) is 15.7. The Labute approximate surface area is 163 Å². The van der Waals surface area contributed by atoms with Crippen LogP contribution in [0.15, 0.2) is 54.6 Å². The Morgan fingerprint density at radius 3 is 2.52 bits per heavy atom. The molecule has 2 fully saturated rings. The quantitative estimate of drug-likeness (QED) is 0.879. The van der Waals surface area contributed by atoms with Crippen LogP contribution in [-0.4, -0.2) is 53.3 Å². The van der Waals surface area contributed by atoms with E-state index in [0.29, 0.717) is 26.1 Å². The first kappa shape index (κ1) is 18.0. The fourth-order valence-electron chi connectivity index (χ4n) is 3.86. The van der Waals surface area contributed by atoms with E-state index in [0.717, 1.165) is 22.7 Å². The number of carbonyl (C=O) groups is 2. The monoisotopic (exact) mass is 383 g/mol. The minimum atomic E-state index is -0.480. The molecule has 4 rings (SSSR count). The van der Waals surface area contributed by atoms with Crippen LogP contribution in [0.2, 0.25) is 5.02 Å². The number of carbonyl (C=O) groups excluding carboxylic acids is 2. The molecule has 2 aromatic carbocycles. The lowest BCUT2D eigenvalue weighted by molar-refractivity contribution is -0.153. The van der Waals surface area contributed by atoms with Gasteiger partial charge in [-0.15, -0.1) is 0 Å². The van der Waals surface area contributed by atoms with Gasteiger partial charge in [-0.2, -0.15) is 0 Å². The average Bonchev–Trinajstić information content (AvgIpc) is 2.68. The fourth-order valence-corrected chi connectivity index (χ4v) is 4.05. The largest absolute Gasteiger partial charge is 0.342 e. The molecule has 1 N–H and O–H groups in total. The van der Waals surface area contributed by atoms with Gasteiger partial charge in [0.2, 0.25) is 11.8 Å². The minimum absolute atomic E-state index is 0.0147. The summed E-state index contributed by atoms with van der Waals surface area (Å²) >= 11 is 6.26. The molecule has 0 unspecified atom stereocenters. The molecule has 2 aliphatic rings. The van der Waals surface area contributed by atoms with Gasteiger partial charge in [0, 0.05) is 37.6 Å². The van der Waals surface area contributed by atoms with Crippen molar-refractivity contribution in [2.75, 3.05) is 19.6 Å². The van der Waals surface area contributed by atoms with Crippen molar-refractivity contribution in [3.8, 4) is 0 Å². The molecule has 27 heavy (non-hydrogen) atoms. The SMILES string of the molecule is O=C1N[C@@H](Cc2ccccc2)C(=O)N2CCN(Cc3ccccc3Cl)C[C@H]12. The van der Waals surface area contributed by atoms with E-state index in [2.05, 4.69) is 10.2 Å². The van der Waals surface area contributed by atoms with Gasteiger partial charge in [-0.1, -0.05) is 60.1 Å². The second-order valence-electron chi connectivity index (χ2n) is 7.12. The molecule has 0 spiro atoms. The molecular weight excluding hydrogens is 362 g/mol. The zero-order valence-electron chi connectivity index (χ0n) is 15.0. The number of benzene rings is 2. The minimum Gasteiger partial charge on any atom is -0.342 e. The van der Waals surface area contributed by atoms with E-state index in [-0.39, 0.29) is 11.8 Å². The summed E-state index contributed by atoms with van der Waals surface area (Å²) in [6.45, 7) is 2.51. The lowest BCUT2D eigenvalue weighted by Gasteiger charge is -2.45. The third-order valence-electron chi connectivity index (χ3n) is 5.30. The Kier molecular flexibility index (Phi) is 5.14. The second-order valence-corrected chi connectivity index (χ2v) is 7.53. The molecule has 5 nitrogen and oxygen atoms in total. The van der Waals surface area contributed by atoms with Crippen LogP contribution in [-0.2, 0) is 22.6 Å². The number of nitrogens with zero attached hydrogens (tertiary/aromatic N) is 2. The lowest BCUT2D eigenvalue weighted by Crippen LogP contribution is -2.69. The number of hydrogen-bond acceptors (Lipinski definition) is 3. The summed E-state index contributed by atoms with van der Waals surface area (Å²) in [7, 11) is 0. The predicted octanol–water partition coefficient (Wildman–Crippen LogP) is 2.09. The third kappa shape index (κ3) is 3.84. The van der Waals surface area contributed by atoms with Crippen LogP contribution < -0.4 is 5.32 Å². The summed E-state index contributed by atoms with van der Waals surface area (Å²) in [6.07, 6.45) is 0.526. The maximum atomic E-state index is 12.9. The van der Waals surface area contributed by atoms with E-state index < -0.39 is 12.1 Å². The zero-order chi connectivity index (χ0) is 18.8. The van der Waals surface area contributed by atoms with E-state index >= 15 is 0 Å². The van der Waals surface area contributed by atoms with Crippen LogP contribution in [0, 0.1) is 0 Å². The molecule has 0 radical (unpaired) electrons. The van der Waals surface area contributed by atoms with Gasteiger partial charge in [-0.3, -0.25) is 14.5 Å². The molecule has 2 amide bonds. The number of hydrogen-bond donors (Lipinski definition) is 1. The van der Waals surface area contributed by atoms with Crippen LogP contribution >= 0.6 is 11.6 Å². The van der Waals surface area contributed by atoms with Gasteiger partial charge >= 0.3 is 0 Å². The number of nitrogens with one attached hydrogen (secondary N) is 1. The predicted molar refractivity (Wildman–Crippen MR) is 104 cm³/mol. The van der Waals surface area contributed by atoms with Crippen molar-refractivity contribution < 1.29 is 9.59 Å². The smallest absolute Gasteiger partial charge is 0.246 e. The topological polar surface area (TPSA) is 52.7 Å². The number of rotatable bonds is 4. The van der Waals surface area contributed by atoms with Crippen LogP contribution in [0.1, 0.15) is 11.1 Å². The molecule has 0 aliphatic carbocycles. The average molecular weight is 384 g/mol. The Balaban J connectivity index is 1.43. The van der Waals surface area contributed by atoms with Crippen molar-refractivity contribution in [2.24, 2.45) is 0 Å². The first-order chi connectivity index (χ1) is 13.1. The first-order valence-electron chi connectivity index (χ1n) is 9.22. The summed E-state index contributed by atoms with van der Waals surface area (Å²) in [5.74, 6) is -0.0553. The highest BCUT2D eigenvalue weighted by atomic mass is 35.5. The molecule has 2 heterocycles. The number of halogens is 1. The standard InChI is InChI=1S/C21H22ClN3O2/c22-17-9-5-4-8-16(17)13-24-10-11-25-19(14-24)20(26)23-18(21(25)27)12-15-6-2-1-3-7-15/h1-9,18-19H,10-14H2,(H,23,26)/t18-,19+/m0/s1. The van der Waals surface area contributed by atoms with Crippen molar-refractivity contribution in [3.05, 3.63) is 70.7 Å². The van der Waals surface area contributed by atoms with Crippen molar-refractivity contribution in [1.82, 2.24) is 15.1 Å². The van der Waals surface area contributed by atoms with Gasteiger partial charge in [0.15, 0.2) is 0 Å². The molecule has 6 heteroatoms. The van der Waals surface area contributed by atoms with Crippen molar-refractivity contribution >= 4 is 23.4 Å². The summed E-state index contributed by atoms with van der Waals surface area (Å²) in [5.41, 5.74) is 2.09. The molecule has 2 atom stereocenters. The summed E-state index contributed by atoms with van der Waals surface area (Å²) in [6, 6.07) is 16.6. The Hall–Kier alpha value is -2.37. The van der Waals surface area contributed by atoms with Crippen LogP contribution in [0.5, 0.6) is 0 Å². The van der Waals surface area contributed by atoms with E-state index in [1.165, 1.54) is 0 Å². The number of piperazine rings is 2. The molecule has 2 saturated heterocycles. The molecular formula is C21H22ClN3O2. The van der Waals surface area contributed by atoms with Gasteiger partial charge in [0.1, 0.15) is 12.1 Å². The van der Waals surface area contributed by atoms with E-state index in [1.54, 1.807) is 4.90 Å². The highest BCUT2D eigenvalue weighted by Gasteiger charge is 2.43. The Bertz CT molecular complexity index is 842. The molecule has 0 saturated carbocycles. The normalized spacial score (nSPS) is 23.1. The van der Waals surface area contributed by atoms with E-state index in [9.17, 15) is 9.59 Å². The second kappa shape index (κ2) is 7.71. The molecule has 0 aromatic heterocycles. The van der Waals surface area contributed by atoms with Gasteiger partial charge in [0.05, 0.1) is 0 Å². The van der Waals surface area contributed by atoms with Gasteiger partial charge < -0.3 is 10.2 Å². The highest BCUT2D eigenvalue weighted by Crippen LogP contribution is 2.22. The molecule has 2 aromatic rings.